The van der Waals surface area contributed by atoms with Gasteiger partial charge in [0.05, 0.1) is 23.0 Å². The molecular formula is C22H28FN7O. The fourth-order valence-electron chi connectivity index (χ4n) is 3.76. The van der Waals surface area contributed by atoms with Crippen molar-refractivity contribution in [2.45, 2.75) is 51.7 Å². The summed E-state index contributed by atoms with van der Waals surface area (Å²) >= 11 is 0. The average molecular weight is 426 g/mol. The van der Waals surface area contributed by atoms with Crippen molar-refractivity contribution in [2.24, 2.45) is 17.4 Å². The largest absolute Gasteiger partial charge is 0.365 e. The van der Waals surface area contributed by atoms with Crippen LogP contribution in [0.15, 0.2) is 30.5 Å². The molecular weight excluding hydrogens is 397 g/mol. The van der Waals surface area contributed by atoms with Gasteiger partial charge in [-0.25, -0.2) is 9.37 Å². The average Bonchev–Trinajstić information content (AvgIpc) is 3.45. The molecule has 1 fully saturated rings. The van der Waals surface area contributed by atoms with Gasteiger partial charge in [-0.05, 0) is 44.4 Å². The molecule has 1 aliphatic rings. The molecule has 1 saturated carbocycles. The normalized spacial score (nSPS) is 15.6. The summed E-state index contributed by atoms with van der Waals surface area (Å²) in [5, 5.41) is 11.5. The smallest absolute Gasteiger partial charge is 0.252 e. The lowest BCUT2D eigenvalue weighted by Crippen LogP contribution is -2.39. The van der Waals surface area contributed by atoms with E-state index in [9.17, 15) is 9.18 Å². The highest BCUT2D eigenvalue weighted by molar-refractivity contribution is 6.00. The van der Waals surface area contributed by atoms with E-state index >= 15 is 0 Å². The van der Waals surface area contributed by atoms with E-state index in [-0.39, 0.29) is 29.3 Å². The van der Waals surface area contributed by atoms with Crippen LogP contribution >= 0.6 is 0 Å². The fraction of sp³-hybridized carbons (Fsp3) is 0.409. The number of amides is 1. The zero-order chi connectivity index (χ0) is 22.1. The van der Waals surface area contributed by atoms with Gasteiger partial charge in [-0.2, -0.15) is 5.10 Å². The monoisotopic (exact) mass is 425 g/mol. The van der Waals surface area contributed by atoms with Crippen molar-refractivity contribution in [3.8, 4) is 0 Å². The molecule has 4 rings (SSSR count). The summed E-state index contributed by atoms with van der Waals surface area (Å²) in [5.41, 5.74) is 13.2. The molecule has 1 aromatic carbocycles. The second-order valence-electron chi connectivity index (χ2n) is 8.19. The predicted molar refractivity (Wildman–Crippen MR) is 120 cm³/mol. The number of nitrogens with zero attached hydrogens (tertiary/aromatic N) is 3. The number of nitrogens with two attached hydrogens (primary N) is 2. The number of pyridine rings is 1. The third kappa shape index (κ3) is 4.46. The number of rotatable bonds is 9. The van der Waals surface area contributed by atoms with Crippen molar-refractivity contribution in [1.29, 1.82) is 0 Å². The van der Waals surface area contributed by atoms with Gasteiger partial charge in [0.15, 0.2) is 11.6 Å². The van der Waals surface area contributed by atoms with Crippen LogP contribution in [0.1, 0.15) is 43.5 Å². The van der Waals surface area contributed by atoms with E-state index in [0.29, 0.717) is 11.6 Å². The van der Waals surface area contributed by atoms with E-state index in [1.54, 1.807) is 6.20 Å². The van der Waals surface area contributed by atoms with Gasteiger partial charge in [0.2, 0.25) is 0 Å². The fourth-order valence-corrected chi connectivity index (χ4v) is 3.76. The molecule has 3 aromatic rings. The van der Waals surface area contributed by atoms with Crippen molar-refractivity contribution >= 4 is 34.1 Å². The quantitative estimate of drug-likeness (QED) is 0.417. The third-order valence-corrected chi connectivity index (χ3v) is 5.72. The number of nitrogens with one attached hydrogen (secondary N) is 2. The molecule has 1 aliphatic carbocycles. The Morgan fingerprint density at radius 1 is 1.35 bits per heavy atom. The Morgan fingerprint density at radius 2 is 2.13 bits per heavy atom. The lowest BCUT2D eigenvalue weighted by molar-refractivity contribution is 0.100. The minimum absolute atomic E-state index is 0.0255. The minimum atomic E-state index is -0.765. The molecule has 2 heterocycles. The molecule has 0 radical (unpaired) electrons. The molecule has 2 atom stereocenters. The van der Waals surface area contributed by atoms with E-state index in [2.05, 4.69) is 20.7 Å². The number of aryl methyl sites for hydroxylation is 1. The van der Waals surface area contributed by atoms with Gasteiger partial charge < -0.3 is 22.1 Å². The number of anilines is 3. The minimum Gasteiger partial charge on any atom is -0.365 e. The lowest BCUT2D eigenvalue weighted by atomic mass is 10.0. The molecule has 164 valence electrons. The van der Waals surface area contributed by atoms with Crippen LogP contribution in [0.5, 0.6) is 0 Å². The van der Waals surface area contributed by atoms with Crippen molar-refractivity contribution < 1.29 is 9.18 Å². The maximum Gasteiger partial charge on any atom is 0.252 e. The maximum absolute atomic E-state index is 14.8. The van der Waals surface area contributed by atoms with Gasteiger partial charge >= 0.3 is 0 Å². The molecule has 6 N–H and O–H groups in total. The Bertz CT molecular complexity index is 1110. The number of primary amides is 1. The second-order valence-corrected chi connectivity index (χ2v) is 8.19. The van der Waals surface area contributed by atoms with Gasteiger partial charge in [-0.1, -0.05) is 18.9 Å². The molecule has 0 unspecified atom stereocenters. The first-order valence-electron chi connectivity index (χ1n) is 10.6. The summed E-state index contributed by atoms with van der Waals surface area (Å²) in [6, 6.07) is 6.51. The molecule has 0 spiro atoms. The van der Waals surface area contributed by atoms with Gasteiger partial charge in [0.25, 0.3) is 5.91 Å². The number of hydrogen-bond acceptors (Lipinski definition) is 6. The molecule has 0 saturated heterocycles. The molecule has 8 nitrogen and oxygen atoms in total. The van der Waals surface area contributed by atoms with Crippen LogP contribution in [0.4, 0.5) is 21.7 Å². The van der Waals surface area contributed by atoms with E-state index in [1.165, 1.54) is 12.8 Å². The Balaban J connectivity index is 1.70. The Kier molecular flexibility index (Phi) is 5.77. The molecule has 1 amide bonds. The number of halogens is 1. The molecule has 31 heavy (non-hydrogen) atoms. The van der Waals surface area contributed by atoms with Crippen LogP contribution in [-0.2, 0) is 6.54 Å². The molecule has 2 aromatic heterocycles. The van der Waals surface area contributed by atoms with E-state index in [1.807, 2.05) is 36.7 Å². The van der Waals surface area contributed by atoms with E-state index in [0.717, 1.165) is 29.9 Å². The van der Waals surface area contributed by atoms with Crippen molar-refractivity contribution in [3.05, 3.63) is 41.8 Å². The Labute approximate surface area is 180 Å². The molecule has 9 heteroatoms. The van der Waals surface area contributed by atoms with Crippen molar-refractivity contribution in [3.63, 3.8) is 0 Å². The van der Waals surface area contributed by atoms with E-state index < -0.39 is 11.7 Å². The van der Waals surface area contributed by atoms with E-state index in [4.69, 9.17) is 11.5 Å². The summed E-state index contributed by atoms with van der Waals surface area (Å²) < 4.78 is 16.7. The first-order chi connectivity index (χ1) is 14.9. The highest BCUT2D eigenvalue weighted by atomic mass is 19.1. The zero-order valence-corrected chi connectivity index (χ0v) is 17.7. The maximum atomic E-state index is 14.8. The molecule has 0 bridgehead atoms. The summed E-state index contributed by atoms with van der Waals surface area (Å²) in [4.78, 5) is 16.4. The first kappa shape index (κ1) is 21.0. The third-order valence-electron chi connectivity index (χ3n) is 5.72. The van der Waals surface area contributed by atoms with Gasteiger partial charge in [-0.3, -0.25) is 9.48 Å². The summed E-state index contributed by atoms with van der Waals surface area (Å²) in [7, 11) is 0. The summed E-state index contributed by atoms with van der Waals surface area (Å²) in [6.45, 7) is 4.62. The van der Waals surface area contributed by atoms with Crippen LogP contribution < -0.4 is 22.1 Å². The molecule has 0 aliphatic heterocycles. The van der Waals surface area contributed by atoms with Crippen LogP contribution in [0.3, 0.4) is 0 Å². The summed E-state index contributed by atoms with van der Waals surface area (Å²) in [6.07, 6.45) is 4.94. The highest BCUT2D eigenvalue weighted by Gasteiger charge is 2.28. The standard InChI is InChI=1S/C22H28FN7O/c1-3-30-19-6-4-5-17(15(19)11-26-30)27-21-14(20(25)31)10-16(23)22(29-21)28-18(12(2)24)9-13-7-8-13/h4-6,10-13,18H,3,7-9,24H2,1-2H3,(H2,25,31)(H2,27,28,29)/t12-,18+/m0/s1. The summed E-state index contributed by atoms with van der Waals surface area (Å²) in [5.74, 6) is -0.562. The van der Waals surface area contributed by atoms with Gasteiger partial charge in [0, 0.05) is 24.0 Å². The lowest BCUT2D eigenvalue weighted by Gasteiger charge is -2.24. The SMILES string of the molecule is CCn1ncc2c(Nc3nc(N[C@H](CC4CC4)[C@H](C)N)c(F)cc3C(N)=O)cccc21. The topological polar surface area (TPSA) is 124 Å². The Hall–Kier alpha value is -3.20. The predicted octanol–water partition coefficient (Wildman–Crippen LogP) is 3.36. The van der Waals surface area contributed by atoms with Crippen molar-refractivity contribution in [2.75, 3.05) is 10.6 Å². The second kappa shape index (κ2) is 8.50. The number of aromatic nitrogens is 3. The zero-order valence-electron chi connectivity index (χ0n) is 17.7. The van der Waals surface area contributed by atoms with Crippen LogP contribution in [0.2, 0.25) is 0 Å². The number of carbonyl (C=O) groups is 1. The van der Waals surface area contributed by atoms with Crippen LogP contribution in [0.25, 0.3) is 10.9 Å². The van der Waals surface area contributed by atoms with Gasteiger partial charge in [-0.15, -0.1) is 0 Å². The van der Waals surface area contributed by atoms with Crippen molar-refractivity contribution in [1.82, 2.24) is 14.8 Å². The Morgan fingerprint density at radius 3 is 2.77 bits per heavy atom. The van der Waals surface area contributed by atoms with Gasteiger partial charge in [0.1, 0.15) is 5.82 Å². The first-order valence-corrected chi connectivity index (χ1v) is 10.6. The number of benzene rings is 1. The van der Waals surface area contributed by atoms with Crippen LogP contribution in [-0.4, -0.2) is 32.8 Å². The van der Waals surface area contributed by atoms with Crippen LogP contribution in [0, 0.1) is 11.7 Å². The number of hydrogen-bond donors (Lipinski definition) is 4. The highest BCUT2D eigenvalue weighted by Crippen LogP contribution is 2.35. The number of carbonyl (C=O) groups excluding carboxylic acids is 1. The number of fused-ring (bicyclic) bond motifs is 1.